The molecule has 1 aliphatic carbocycles. The first-order valence-corrected chi connectivity index (χ1v) is 25.1. The van der Waals surface area contributed by atoms with Gasteiger partial charge < -0.3 is 108 Å². The third-order valence-electron chi connectivity index (χ3n) is 15.3. The number of benzene rings is 2. The monoisotopic (exact) mass is 1060 g/mol. The topological polar surface area (TPSA) is 358 Å². The molecule has 8 rings (SSSR count). The standard InChI is InChI=1S/C50H72O24/c1-17-28(69-33-14-29(42(57)20(4)66-33)70-32-12-26(52)41(56)19(3)65-32)11-24-9-23-10-25(47(64-8)40(55)18(2)51)48(46(61)38(23)45(60)37(24)39(17)54)73-35-16-30(43(58)22(6)68-35)71-34-15-31(44(59)21(5)67-34)72-36-13-27(53)49(62)50(7,63)74-36/h9,11,19-22,25-27,29-36,40-44,47-49,52-60,62-63H,10,12-16H2,1-8H3. The van der Waals surface area contributed by atoms with E-state index < -0.39 is 170 Å². The highest BCUT2D eigenvalue weighted by molar-refractivity contribution is 6.11. The van der Waals surface area contributed by atoms with E-state index in [0.717, 1.165) is 13.8 Å². The van der Waals surface area contributed by atoms with Crippen molar-refractivity contribution in [1.82, 2.24) is 0 Å². The molecule has 24 atom stereocenters. The molecular formula is C50H72O24. The van der Waals surface area contributed by atoms with Crippen LogP contribution in [0.5, 0.6) is 17.2 Å². The SMILES string of the molecule is COC(C(O)C(C)=O)C1Cc2cc3cc(OC4CC(OC5CC(O)C(O)C(C)O5)C(O)C(C)O4)c(C)c(O)c3c(O)c2C(=O)C1OC1CC(OC2CC(OC3CC(O)C(O)C(C)(O)O3)C(O)C(C)O2)C(O)C(C)O1. The summed E-state index contributed by atoms with van der Waals surface area (Å²) < 4.78 is 65.9. The van der Waals surface area contributed by atoms with Gasteiger partial charge >= 0.3 is 0 Å². The lowest BCUT2D eigenvalue weighted by Crippen LogP contribution is -2.59. The summed E-state index contributed by atoms with van der Waals surface area (Å²) in [7, 11) is 1.25. The van der Waals surface area contributed by atoms with Crippen molar-refractivity contribution in [2.45, 2.75) is 228 Å². The zero-order valence-corrected chi connectivity index (χ0v) is 42.4. The Balaban J connectivity index is 1.03. The number of carbonyl (C=O) groups excluding carboxylic acids is 2. The van der Waals surface area contributed by atoms with E-state index in [-0.39, 0.29) is 71.7 Å². The van der Waals surface area contributed by atoms with Gasteiger partial charge in [0.15, 0.2) is 42.5 Å². The van der Waals surface area contributed by atoms with Crippen LogP contribution in [-0.4, -0.2) is 216 Å². The normalized spacial score (nSPS) is 42.9. The molecule has 5 aliphatic heterocycles. The number of methoxy groups -OCH3 is 1. The number of aliphatic hydroxyl groups excluding tert-OH is 8. The summed E-state index contributed by atoms with van der Waals surface area (Å²) >= 11 is 0. The highest BCUT2D eigenvalue weighted by atomic mass is 16.8. The van der Waals surface area contributed by atoms with Crippen LogP contribution in [0.1, 0.15) is 95.1 Å². The molecule has 0 saturated carbocycles. The molecule has 0 amide bonds. The van der Waals surface area contributed by atoms with Crippen molar-refractivity contribution in [3.05, 3.63) is 28.8 Å². The van der Waals surface area contributed by atoms with Crippen LogP contribution in [0.25, 0.3) is 10.8 Å². The fourth-order valence-electron chi connectivity index (χ4n) is 11.0. The molecule has 11 N–H and O–H groups in total. The number of hydrogen-bond donors (Lipinski definition) is 11. The number of rotatable bonds is 14. The van der Waals surface area contributed by atoms with Crippen molar-refractivity contribution in [2.24, 2.45) is 5.92 Å². The number of aliphatic hydroxyl groups is 9. The number of Topliss-reactive ketones (excluding diaryl/α,β-unsaturated/α-hetero) is 2. The molecule has 24 nitrogen and oxygen atoms in total. The van der Waals surface area contributed by atoms with Crippen LogP contribution in [0.4, 0.5) is 0 Å². The highest BCUT2D eigenvalue weighted by Gasteiger charge is 2.51. The number of carbonyl (C=O) groups is 2. The Labute approximate surface area is 426 Å². The maximum atomic E-state index is 14.9. The number of ether oxygens (including phenoxy) is 11. The lowest BCUT2D eigenvalue weighted by molar-refractivity contribution is -0.377. The van der Waals surface area contributed by atoms with Gasteiger partial charge in [-0.25, -0.2) is 0 Å². The molecule has 2 aromatic carbocycles. The molecule has 416 valence electrons. The lowest BCUT2D eigenvalue weighted by atomic mass is 9.75. The van der Waals surface area contributed by atoms with Crippen LogP contribution in [0.15, 0.2) is 12.1 Å². The van der Waals surface area contributed by atoms with Gasteiger partial charge in [0.1, 0.15) is 60.0 Å². The van der Waals surface area contributed by atoms with Gasteiger partial charge in [-0.1, -0.05) is 0 Å². The second-order valence-corrected chi connectivity index (χ2v) is 20.8. The summed E-state index contributed by atoms with van der Waals surface area (Å²) in [4.78, 5) is 27.6. The molecule has 24 heteroatoms. The summed E-state index contributed by atoms with van der Waals surface area (Å²) in [6.45, 7) is 10.1. The zero-order chi connectivity index (χ0) is 54.0. The van der Waals surface area contributed by atoms with Crippen LogP contribution in [-0.2, 0) is 58.6 Å². The molecule has 6 aliphatic rings. The minimum atomic E-state index is -2.15. The Morgan fingerprint density at radius 2 is 1.18 bits per heavy atom. The van der Waals surface area contributed by atoms with E-state index in [0.29, 0.717) is 0 Å². The zero-order valence-electron chi connectivity index (χ0n) is 42.4. The maximum absolute atomic E-state index is 14.9. The van der Waals surface area contributed by atoms with E-state index in [1.54, 1.807) is 33.8 Å². The Morgan fingerprint density at radius 3 is 1.70 bits per heavy atom. The van der Waals surface area contributed by atoms with Crippen LogP contribution in [0.3, 0.4) is 0 Å². The first-order valence-electron chi connectivity index (χ1n) is 25.1. The molecule has 5 heterocycles. The van der Waals surface area contributed by atoms with E-state index in [9.17, 15) is 65.8 Å². The summed E-state index contributed by atoms with van der Waals surface area (Å²) in [6, 6.07) is 3.08. The minimum absolute atomic E-state index is 0.0234. The molecule has 5 fully saturated rings. The van der Waals surface area contributed by atoms with Crippen molar-refractivity contribution >= 4 is 22.3 Å². The van der Waals surface area contributed by atoms with Gasteiger partial charge in [0.25, 0.3) is 0 Å². The molecule has 0 spiro atoms. The number of phenols is 2. The summed E-state index contributed by atoms with van der Waals surface area (Å²) in [5, 5.41) is 120. The lowest BCUT2D eigenvalue weighted by Gasteiger charge is -2.46. The van der Waals surface area contributed by atoms with E-state index >= 15 is 0 Å². The number of fused-ring (bicyclic) bond motifs is 2. The Bertz CT molecular complexity index is 2300. The van der Waals surface area contributed by atoms with Crippen LogP contribution < -0.4 is 4.74 Å². The van der Waals surface area contributed by atoms with Crippen molar-refractivity contribution in [1.29, 1.82) is 0 Å². The molecule has 0 bridgehead atoms. The summed E-state index contributed by atoms with van der Waals surface area (Å²) in [5.41, 5.74) is 0.176. The van der Waals surface area contributed by atoms with Gasteiger partial charge in [-0.3, -0.25) is 9.59 Å². The van der Waals surface area contributed by atoms with Gasteiger partial charge in [0, 0.05) is 50.7 Å². The molecule has 24 unspecified atom stereocenters. The van der Waals surface area contributed by atoms with Gasteiger partial charge in [-0.15, -0.1) is 0 Å². The van der Waals surface area contributed by atoms with E-state index in [1.807, 2.05) is 0 Å². The number of aromatic hydroxyl groups is 2. The predicted octanol–water partition coefficient (Wildman–Crippen LogP) is -0.680. The fourth-order valence-corrected chi connectivity index (χ4v) is 11.0. The van der Waals surface area contributed by atoms with E-state index in [2.05, 4.69) is 0 Å². The quantitative estimate of drug-likeness (QED) is 0.112. The Kier molecular flexibility index (Phi) is 17.3. The molecule has 74 heavy (non-hydrogen) atoms. The number of ketones is 2. The maximum Gasteiger partial charge on any atom is 0.202 e. The van der Waals surface area contributed by atoms with Gasteiger partial charge in [-0.2, -0.15) is 0 Å². The van der Waals surface area contributed by atoms with Crippen molar-refractivity contribution in [3.8, 4) is 17.2 Å². The minimum Gasteiger partial charge on any atom is -0.507 e. The Hall–Kier alpha value is -3.32. The third kappa shape index (κ3) is 11.5. The van der Waals surface area contributed by atoms with Crippen molar-refractivity contribution < 1.29 is 118 Å². The molecular weight excluding hydrogens is 985 g/mol. The first kappa shape index (κ1) is 56.9. The second kappa shape index (κ2) is 22.6. The van der Waals surface area contributed by atoms with Gasteiger partial charge in [0.05, 0.1) is 72.0 Å². The molecule has 2 aromatic rings. The molecule has 5 saturated heterocycles. The van der Waals surface area contributed by atoms with Crippen LogP contribution in [0, 0.1) is 12.8 Å². The van der Waals surface area contributed by atoms with Gasteiger partial charge in [-0.05, 0) is 78.0 Å². The second-order valence-electron chi connectivity index (χ2n) is 20.8. The molecule has 0 aromatic heterocycles. The fraction of sp³-hybridized carbons (Fsp3) is 0.760. The highest BCUT2D eigenvalue weighted by Crippen LogP contribution is 2.48. The first-order chi connectivity index (χ1) is 34.8. The van der Waals surface area contributed by atoms with Crippen LogP contribution >= 0.6 is 0 Å². The van der Waals surface area contributed by atoms with E-state index in [1.165, 1.54) is 20.1 Å². The Morgan fingerprint density at radius 1 is 0.689 bits per heavy atom. The smallest absolute Gasteiger partial charge is 0.202 e. The summed E-state index contributed by atoms with van der Waals surface area (Å²) in [6.07, 6.45) is -26.3. The van der Waals surface area contributed by atoms with Gasteiger partial charge in [0.2, 0.25) is 6.29 Å². The van der Waals surface area contributed by atoms with Crippen molar-refractivity contribution in [3.63, 3.8) is 0 Å². The van der Waals surface area contributed by atoms with Crippen LogP contribution in [0.2, 0.25) is 0 Å². The predicted molar refractivity (Wildman–Crippen MR) is 249 cm³/mol. The average molecular weight is 1060 g/mol. The summed E-state index contributed by atoms with van der Waals surface area (Å²) in [5.74, 6) is -5.65. The third-order valence-corrected chi connectivity index (χ3v) is 15.3. The number of hydrogen-bond acceptors (Lipinski definition) is 24. The number of phenolic OH excluding ortho intramolecular Hbond substituents is 2. The largest absolute Gasteiger partial charge is 0.507 e. The van der Waals surface area contributed by atoms with E-state index in [4.69, 9.17) is 52.1 Å². The van der Waals surface area contributed by atoms with Crippen molar-refractivity contribution in [2.75, 3.05) is 7.11 Å². The molecule has 0 radical (unpaired) electrons. The average Bonchev–Trinajstić information content (AvgIpc) is 3.32.